The second-order valence-corrected chi connectivity index (χ2v) is 4.04. The fourth-order valence-electron chi connectivity index (χ4n) is 1.54. The van der Waals surface area contributed by atoms with E-state index in [-0.39, 0.29) is 18.9 Å². The molecule has 1 rings (SSSR count). The Hall–Kier alpha value is -2.10. The summed E-state index contributed by atoms with van der Waals surface area (Å²) in [6.07, 6.45) is 2.46. The molecular weight excluding hydrogens is 230 g/mol. The maximum absolute atomic E-state index is 11.9. The van der Waals surface area contributed by atoms with E-state index in [1.54, 1.807) is 18.2 Å². The van der Waals surface area contributed by atoms with Gasteiger partial charge in [-0.2, -0.15) is 0 Å². The number of hydrogen-bond acceptors (Lipinski definition) is 2. The molecular formula is C14H17NO3. The molecule has 96 valence electrons. The van der Waals surface area contributed by atoms with Crippen molar-refractivity contribution in [2.75, 3.05) is 11.4 Å². The Kier molecular flexibility index (Phi) is 5.11. The number of rotatable bonds is 6. The zero-order valence-corrected chi connectivity index (χ0v) is 10.4. The number of nitrogens with zero attached hydrogens (tertiary/aromatic N) is 1. The Bertz CT molecular complexity index is 437. The summed E-state index contributed by atoms with van der Waals surface area (Å²) in [6, 6.07) is 7.21. The number of aliphatic carboxylic acids is 1. The van der Waals surface area contributed by atoms with Gasteiger partial charge < -0.3 is 10.0 Å². The highest BCUT2D eigenvalue weighted by Crippen LogP contribution is 2.16. The van der Waals surface area contributed by atoms with E-state index in [1.807, 2.05) is 19.1 Å². The lowest BCUT2D eigenvalue weighted by molar-refractivity contribution is -0.136. The Morgan fingerprint density at radius 2 is 1.94 bits per heavy atom. The second-order valence-electron chi connectivity index (χ2n) is 4.04. The van der Waals surface area contributed by atoms with Crippen molar-refractivity contribution >= 4 is 17.6 Å². The van der Waals surface area contributed by atoms with E-state index in [2.05, 4.69) is 6.58 Å². The van der Waals surface area contributed by atoms with Gasteiger partial charge in [-0.05, 0) is 25.5 Å². The molecule has 4 heteroatoms. The van der Waals surface area contributed by atoms with Gasteiger partial charge in [-0.15, -0.1) is 6.58 Å². The van der Waals surface area contributed by atoms with Crippen LogP contribution in [-0.4, -0.2) is 23.5 Å². The molecule has 0 atom stereocenters. The van der Waals surface area contributed by atoms with E-state index in [0.717, 1.165) is 5.56 Å². The first-order valence-corrected chi connectivity index (χ1v) is 5.74. The van der Waals surface area contributed by atoms with Crippen LogP contribution in [0.1, 0.15) is 18.4 Å². The highest BCUT2D eigenvalue weighted by atomic mass is 16.4. The molecule has 0 saturated heterocycles. The van der Waals surface area contributed by atoms with Gasteiger partial charge >= 0.3 is 5.97 Å². The van der Waals surface area contributed by atoms with Crippen LogP contribution in [-0.2, 0) is 9.59 Å². The van der Waals surface area contributed by atoms with Crippen molar-refractivity contribution < 1.29 is 14.7 Å². The molecule has 0 bridgehead atoms. The first-order valence-electron chi connectivity index (χ1n) is 5.74. The van der Waals surface area contributed by atoms with Crippen LogP contribution in [0.4, 0.5) is 5.69 Å². The number of carboxylic acids is 1. The lowest BCUT2D eigenvalue weighted by Crippen LogP contribution is -2.35. The minimum absolute atomic E-state index is 0.207. The summed E-state index contributed by atoms with van der Waals surface area (Å²) in [5.41, 5.74) is 1.67. The van der Waals surface area contributed by atoms with Gasteiger partial charge in [0, 0.05) is 12.1 Å². The van der Waals surface area contributed by atoms with Crippen LogP contribution in [0.5, 0.6) is 0 Å². The van der Waals surface area contributed by atoms with Crippen LogP contribution >= 0.6 is 0 Å². The summed E-state index contributed by atoms with van der Waals surface area (Å²) in [5.74, 6) is -1.23. The summed E-state index contributed by atoms with van der Waals surface area (Å²) in [4.78, 5) is 24.0. The number of amides is 1. The molecule has 0 unspecified atom stereocenters. The highest BCUT2D eigenvalue weighted by molar-refractivity contribution is 5.97. The van der Waals surface area contributed by atoms with Crippen LogP contribution in [0.25, 0.3) is 0 Å². The fourth-order valence-corrected chi connectivity index (χ4v) is 1.54. The zero-order valence-electron chi connectivity index (χ0n) is 10.4. The number of allylic oxidation sites excluding steroid dienone is 1. The minimum Gasteiger partial charge on any atom is -0.480 e. The minimum atomic E-state index is -1.03. The molecule has 1 amide bonds. The number of hydrogen-bond donors (Lipinski definition) is 1. The molecule has 0 spiro atoms. The Morgan fingerprint density at radius 1 is 1.33 bits per heavy atom. The molecule has 1 aromatic rings. The quantitative estimate of drug-likeness (QED) is 0.785. The molecule has 1 aromatic carbocycles. The third-order valence-corrected chi connectivity index (χ3v) is 2.50. The first kappa shape index (κ1) is 14.0. The van der Waals surface area contributed by atoms with Crippen molar-refractivity contribution in [3.63, 3.8) is 0 Å². The van der Waals surface area contributed by atoms with E-state index < -0.39 is 5.97 Å². The Balaban J connectivity index is 2.89. The number of aryl methyl sites for hydroxylation is 1. The van der Waals surface area contributed by atoms with Gasteiger partial charge in [-0.3, -0.25) is 9.59 Å². The van der Waals surface area contributed by atoms with Gasteiger partial charge in [-0.1, -0.05) is 23.8 Å². The third kappa shape index (κ3) is 4.05. The number of benzene rings is 1. The maximum Gasteiger partial charge on any atom is 0.323 e. The monoisotopic (exact) mass is 247 g/mol. The summed E-state index contributed by atoms with van der Waals surface area (Å²) in [5, 5.41) is 8.86. The van der Waals surface area contributed by atoms with Crippen molar-refractivity contribution in [2.45, 2.75) is 19.8 Å². The van der Waals surface area contributed by atoms with E-state index in [9.17, 15) is 9.59 Å². The fraction of sp³-hybridized carbons (Fsp3) is 0.286. The van der Waals surface area contributed by atoms with Crippen molar-refractivity contribution in [1.82, 2.24) is 0 Å². The average molecular weight is 247 g/mol. The molecule has 1 N–H and O–H groups in total. The molecule has 0 aliphatic heterocycles. The standard InChI is InChI=1S/C14H17NO3/c1-3-4-5-13(16)15(10-14(17)18)12-8-6-11(2)7-9-12/h3,6-9H,1,4-5,10H2,2H3,(H,17,18). The predicted molar refractivity (Wildman–Crippen MR) is 70.6 cm³/mol. The smallest absolute Gasteiger partial charge is 0.323 e. The zero-order chi connectivity index (χ0) is 13.5. The highest BCUT2D eigenvalue weighted by Gasteiger charge is 2.17. The van der Waals surface area contributed by atoms with Gasteiger partial charge in [-0.25, -0.2) is 0 Å². The number of carbonyl (C=O) groups excluding carboxylic acids is 1. The molecule has 0 aromatic heterocycles. The van der Waals surface area contributed by atoms with E-state index >= 15 is 0 Å². The van der Waals surface area contributed by atoms with Gasteiger partial charge in [0.15, 0.2) is 0 Å². The molecule has 0 fully saturated rings. The lowest BCUT2D eigenvalue weighted by Gasteiger charge is -2.20. The number of anilines is 1. The van der Waals surface area contributed by atoms with E-state index in [1.165, 1.54) is 4.90 Å². The first-order chi connectivity index (χ1) is 8.54. The molecule has 0 aliphatic rings. The molecule has 0 radical (unpaired) electrons. The maximum atomic E-state index is 11.9. The normalized spacial score (nSPS) is 9.83. The third-order valence-electron chi connectivity index (χ3n) is 2.50. The van der Waals surface area contributed by atoms with E-state index in [0.29, 0.717) is 12.1 Å². The van der Waals surface area contributed by atoms with Crippen LogP contribution in [0, 0.1) is 6.92 Å². The van der Waals surface area contributed by atoms with Crippen LogP contribution in [0.15, 0.2) is 36.9 Å². The summed E-state index contributed by atoms with van der Waals surface area (Å²) in [6.45, 7) is 5.17. The molecule has 0 aliphatic carbocycles. The van der Waals surface area contributed by atoms with Crippen molar-refractivity contribution in [1.29, 1.82) is 0 Å². The SMILES string of the molecule is C=CCCC(=O)N(CC(=O)O)c1ccc(C)cc1. The Morgan fingerprint density at radius 3 is 2.44 bits per heavy atom. The average Bonchev–Trinajstić information content (AvgIpc) is 2.34. The predicted octanol–water partition coefficient (Wildman–Crippen LogP) is 2.38. The molecule has 18 heavy (non-hydrogen) atoms. The molecule has 0 saturated carbocycles. The summed E-state index contributed by atoms with van der Waals surface area (Å²) < 4.78 is 0. The van der Waals surface area contributed by atoms with Gasteiger partial charge in [0.05, 0.1) is 0 Å². The van der Waals surface area contributed by atoms with Gasteiger partial charge in [0.2, 0.25) is 5.91 Å². The number of carboxylic acid groups (broad SMARTS) is 1. The van der Waals surface area contributed by atoms with Crippen molar-refractivity contribution in [3.8, 4) is 0 Å². The van der Waals surface area contributed by atoms with Crippen LogP contribution in [0.3, 0.4) is 0 Å². The van der Waals surface area contributed by atoms with Crippen LogP contribution < -0.4 is 4.90 Å². The topological polar surface area (TPSA) is 57.6 Å². The van der Waals surface area contributed by atoms with E-state index in [4.69, 9.17) is 5.11 Å². The van der Waals surface area contributed by atoms with Gasteiger partial charge in [0.25, 0.3) is 0 Å². The van der Waals surface area contributed by atoms with Gasteiger partial charge in [0.1, 0.15) is 6.54 Å². The van der Waals surface area contributed by atoms with Crippen molar-refractivity contribution in [3.05, 3.63) is 42.5 Å². The van der Waals surface area contributed by atoms with Crippen LogP contribution in [0.2, 0.25) is 0 Å². The largest absolute Gasteiger partial charge is 0.480 e. The molecule has 0 heterocycles. The lowest BCUT2D eigenvalue weighted by atomic mass is 10.2. The molecule has 4 nitrogen and oxygen atoms in total. The second kappa shape index (κ2) is 6.59. The summed E-state index contributed by atoms with van der Waals surface area (Å²) in [7, 11) is 0. The summed E-state index contributed by atoms with van der Waals surface area (Å²) >= 11 is 0. The van der Waals surface area contributed by atoms with Crippen molar-refractivity contribution in [2.24, 2.45) is 0 Å². The number of carbonyl (C=O) groups is 2. The Labute approximate surface area is 107 Å².